The summed E-state index contributed by atoms with van der Waals surface area (Å²) in [4.78, 5) is 6.99. The van der Waals surface area contributed by atoms with Crippen molar-refractivity contribution in [2.24, 2.45) is 0 Å². The van der Waals surface area contributed by atoms with Gasteiger partial charge in [-0.1, -0.05) is 6.92 Å². The van der Waals surface area contributed by atoms with Gasteiger partial charge in [-0.05, 0) is 16.8 Å². The fraction of sp³-hybridized carbons (Fsp3) is 0.714. The fourth-order valence-corrected chi connectivity index (χ4v) is 3.33. The molecule has 3 heterocycles. The maximum absolute atomic E-state index is 5.87. The summed E-state index contributed by atoms with van der Waals surface area (Å²) in [6.07, 6.45) is 0.880. The van der Waals surface area contributed by atoms with Crippen LogP contribution in [0.1, 0.15) is 29.6 Å². The molecule has 0 aromatic carbocycles. The van der Waals surface area contributed by atoms with Crippen LogP contribution >= 0.6 is 11.3 Å². The van der Waals surface area contributed by atoms with Gasteiger partial charge in [-0.3, -0.25) is 4.90 Å². The van der Waals surface area contributed by atoms with Crippen molar-refractivity contribution in [2.45, 2.75) is 32.5 Å². The summed E-state index contributed by atoms with van der Waals surface area (Å²) >= 11 is 1.73. The zero-order valence-corrected chi connectivity index (χ0v) is 14.3. The molecule has 0 spiro atoms. The Labute approximate surface area is 139 Å². The van der Waals surface area contributed by atoms with Crippen molar-refractivity contribution < 1.29 is 9.47 Å². The summed E-state index contributed by atoms with van der Waals surface area (Å²) in [5.41, 5.74) is 1.13. The third kappa shape index (κ3) is 4.11. The summed E-state index contributed by atoms with van der Waals surface area (Å²) in [7, 11) is 1.67. The number of tetrazole rings is 1. The van der Waals surface area contributed by atoms with E-state index in [1.165, 1.54) is 5.01 Å². The maximum Gasteiger partial charge on any atom is 0.181 e. The van der Waals surface area contributed by atoms with Crippen LogP contribution in [0.25, 0.3) is 0 Å². The van der Waals surface area contributed by atoms with Gasteiger partial charge in [0.1, 0.15) is 6.10 Å². The molecule has 8 nitrogen and oxygen atoms in total. The number of hydrogen-bond acceptors (Lipinski definition) is 8. The molecule has 2 aromatic rings. The Morgan fingerprint density at radius 3 is 3.17 bits per heavy atom. The lowest BCUT2D eigenvalue weighted by Gasteiger charge is -2.31. The summed E-state index contributed by atoms with van der Waals surface area (Å²) in [6, 6.07) is 0. The van der Waals surface area contributed by atoms with Crippen molar-refractivity contribution in [1.29, 1.82) is 0 Å². The largest absolute Gasteiger partial charge is 0.383 e. The lowest BCUT2D eigenvalue weighted by atomic mass is 10.2. The number of thiazole rings is 1. The molecule has 1 fully saturated rings. The molecule has 23 heavy (non-hydrogen) atoms. The molecule has 0 amide bonds. The van der Waals surface area contributed by atoms with Gasteiger partial charge in [0.15, 0.2) is 5.82 Å². The molecule has 0 saturated carbocycles. The van der Waals surface area contributed by atoms with E-state index >= 15 is 0 Å². The van der Waals surface area contributed by atoms with E-state index in [-0.39, 0.29) is 6.10 Å². The van der Waals surface area contributed by atoms with Gasteiger partial charge in [0.05, 0.1) is 30.5 Å². The van der Waals surface area contributed by atoms with E-state index in [4.69, 9.17) is 9.47 Å². The predicted octanol–water partition coefficient (Wildman–Crippen LogP) is 0.912. The summed E-state index contributed by atoms with van der Waals surface area (Å²) in [5, 5.41) is 15.3. The molecule has 0 unspecified atom stereocenters. The number of hydrogen-bond donors (Lipinski definition) is 0. The molecule has 1 atom stereocenters. The zero-order valence-electron chi connectivity index (χ0n) is 13.5. The maximum atomic E-state index is 5.87. The Bertz CT molecular complexity index is 616. The minimum atomic E-state index is -0.111. The van der Waals surface area contributed by atoms with E-state index < -0.39 is 0 Å². The first-order valence-corrected chi connectivity index (χ1v) is 8.70. The second-order valence-corrected chi connectivity index (χ2v) is 6.38. The number of aromatic nitrogens is 5. The van der Waals surface area contributed by atoms with Gasteiger partial charge in [-0.2, -0.15) is 0 Å². The van der Waals surface area contributed by atoms with Gasteiger partial charge in [-0.25, -0.2) is 9.67 Å². The number of methoxy groups -OCH3 is 1. The van der Waals surface area contributed by atoms with Crippen LogP contribution in [0.4, 0.5) is 0 Å². The van der Waals surface area contributed by atoms with Crippen molar-refractivity contribution in [3.63, 3.8) is 0 Å². The van der Waals surface area contributed by atoms with Gasteiger partial charge < -0.3 is 9.47 Å². The summed E-state index contributed by atoms with van der Waals surface area (Å²) in [5.74, 6) is 0.763. The van der Waals surface area contributed by atoms with Crippen molar-refractivity contribution >= 4 is 11.3 Å². The predicted molar refractivity (Wildman–Crippen MR) is 85.2 cm³/mol. The third-order valence-electron chi connectivity index (χ3n) is 3.79. The molecule has 0 bridgehead atoms. The van der Waals surface area contributed by atoms with Crippen LogP contribution in [0.15, 0.2) is 5.38 Å². The molecule has 1 aliphatic rings. The highest BCUT2D eigenvalue weighted by molar-refractivity contribution is 7.09. The molecule has 3 rings (SSSR count). The van der Waals surface area contributed by atoms with Gasteiger partial charge in [0.25, 0.3) is 0 Å². The minimum absolute atomic E-state index is 0.111. The number of nitrogens with zero attached hydrogens (tertiary/aromatic N) is 6. The molecule has 0 radical (unpaired) electrons. The van der Waals surface area contributed by atoms with Crippen molar-refractivity contribution in [3.8, 4) is 0 Å². The molecule has 1 aliphatic heterocycles. The first-order chi connectivity index (χ1) is 11.3. The quantitative estimate of drug-likeness (QED) is 0.742. The van der Waals surface area contributed by atoms with Crippen LogP contribution in [-0.2, 0) is 29.0 Å². The smallest absolute Gasteiger partial charge is 0.181 e. The van der Waals surface area contributed by atoms with Crippen LogP contribution in [0.2, 0.25) is 0 Å². The monoisotopic (exact) mass is 338 g/mol. The number of ether oxygens (including phenoxy) is 2. The molecule has 1 saturated heterocycles. The normalized spacial score (nSPS) is 19.3. The molecule has 126 valence electrons. The van der Waals surface area contributed by atoms with E-state index in [1.54, 1.807) is 23.1 Å². The van der Waals surface area contributed by atoms with Gasteiger partial charge >= 0.3 is 0 Å². The van der Waals surface area contributed by atoms with Gasteiger partial charge in [-0.15, -0.1) is 16.4 Å². The first-order valence-electron chi connectivity index (χ1n) is 7.82. The standard InChI is InChI=1S/C14H22N6O2S/c1-3-13-15-11(10-23-13)8-19-4-7-22-12(9-19)14-16-17-18-20(14)5-6-21-2/h10,12H,3-9H2,1-2H3/t12-/m0/s1. The van der Waals surface area contributed by atoms with Crippen LogP contribution in [0.5, 0.6) is 0 Å². The van der Waals surface area contributed by atoms with Crippen LogP contribution in [-0.4, -0.2) is 63.5 Å². The lowest BCUT2D eigenvalue weighted by molar-refractivity contribution is -0.0399. The molecule has 2 aromatic heterocycles. The average Bonchev–Trinajstić information content (AvgIpc) is 3.22. The fourth-order valence-electron chi connectivity index (χ4n) is 2.59. The number of morpholine rings is 1. The minimum Gasteiger partial charge on any atom is -0.383 e. The second kappa shape index (κ2) is 7.91. The zero-order chi connectivity index (χ0) is 16.1. The van der Waals surface area contributed by atoms with Crippen LogP contribution in [0, 0.1) is 0 Å². The molecule has 9 heteroatoms. The second-order valence-electron chi connectivity index (χ2n) is 5.43. The SMILES string of the molecule is CCc1nc(CN2CCO[C@H](c3nnnn3CCOC)C2)cs1. The Kier molecular flexibility index (Phi) is 5.65. The highest BCUT2D eigenvalue weighted by Crippen LogP contribution is 2.22. The van der Waals surface area contributed by atoms with Crippen LogP contribution in [0.3, 0.4) is 0 Å². The Morgan fingerprint density at radius 1 is 1.48 bits per heavy atom. The molecule has 0 aliphatic carbocycles. The molecule has 0 N–H and O–H groups in total. The Morgan fingerprint density at radius 2 is 2.39 bits per heavy atom. The van der Waals surface area contributed by atoms with Gasteiger partial charge in [0, 0.05) is 32.1 Å². The van der Waals surface area contributed by atoms with E-state index in [0.717, 1.165) is 37.6 Å². The molecular formula is C14H22N6O2S. The highest BCUT2D eigenvalue weighted by Gasteiger charge is 2.27. The number of rotatable bonds is 7. The topological polar surface area (TPSA) is 78.2 Å². The summed E-state index contributed by atoms with van der Waals surface area (Å²) in [6.45, 7) is 6.52. The van der Waals surface area contributed by atoms with Crippen LogP contribution < -0.4 is 0 Å². The van der Waals surface area contributed by atoms with E-state index in [1.807, 2.05) is 0 Å². The Balaban J connectivity index is 1.62. The van der Waals surface area contributed by atoms with E-state index in [0.29, 0.717) is 19.8 Å². The highest BCUT2D eigenvalue weighted by atomic mass is 32.1. The first kappa shape index (κ1) is 16.4. The van der Waals surface area contributed by atoms with Gasteiger partial charge in [0.2, 0.25) is 0 Å². The van der Waals surface area contributed by atoms with E-state index in [9.17, 15) is 0 Å². The van der Waals surface area contributed by atoms with Crippen molar-refractivity contribution in [3.05, 3.63) is 21.9 Å². The van der Waals surface area contributed by atoms with Crippen molar-refractivity contribution in [2.75, 3.05) is 33.4 Å². The Hall–Kier alpha value is -1.42. The average molecular weight is 338 g/mol. The summed E-state index contributed by atoms with van der Waals surface area (Å²) < 4.78 is 12.7. The lowest BCUT2D eigenvalue weighted by Crippen LogP contribution is -2.39. The third-order valence-corrected chi connectivity index (χ3v) is 4.83. The van der Waals surface area contributed by atoms with Crippen molar-refractivity contribution in [1.82, 2.24) is 30.1 Å². The number of aryl methyl sites for hydroxylation is 1. The molecular weight excluding hydrogens is 316 g/mol. The van der Waals surface area contributed by atoms with E-state index in [2.05, 4.69) is 37.7 Å².